The average molecular weight is 251 g/mol. The molecule has 96 valence electrons. The maximum Gasteiger partial charge on any atom is 0.144 e. The minimum Gasteiger partial charge on any atom is -0.388 e. The fourth-order valence-corrected chi connectivity index (χ4v) is 2.25. The van der Waals surface area contributed by atoms with Crippen molar-refractivity contribution in [3.8, 4) is 11.4 Å². The highest BCUT2D eigenvalue weighted by Gasteiger charge is 2.07. The van der Waals surface area contributed by atoms with Crippen LogP contribution < -0.4 is 5.32 Å². The Kier molecular flexibility index (Phi) is 2.75. The van der Waals surface area contributed by atoms with Crippen LogP contribution in [0.2, 0.25) is 0 Å². The molecule has 3 nitrogen and oxygen atoms in total. The third-order valence-electron chi connectivity index (χ3n) is 3.59. The summed E-state index contributed by atoms with van der Waals surface area (Å²) in [5, 5.41) is 3.14. The zero-order valence-electron chi connectivity index (χ0n) is 11.4. The minimum absolute atomic E-state index is 0.987. The van der Waals surface area contributed by atoms with E-state index in [1.165, 1.54) is 11.1 Å². The van der Waals surface area contributed by atoms with Crippen molar-refractivity contribution in [1.82, 2.24) is 9.38 Å². The summed E-state index contributed by atoms with van der Waals surface area (Å²) >= 11 is 0. The van der Waals surface area contributed by atoms with Crippen LogP contribution in [-0.2, 0) is 0 Å². The molecule has 0 amide bonds. The van der Waals surface area contributed by atoms with Gasteiger partial charge in [-0.1, -0.05) is 12.1 Å². The Labute approximate surface area is 112 Å². The van der Waals surface area contributed by atoms with Crippen LogP contribution in [0.5, 0.6) is 0 Å². The number of hydrogen-bond donors (Lipinski definition) is 1. The summed E-state index contributed by atoms with van der Waals surface area (Å²) in [4.78, 5) is 4.55. The Morgan fingerprint density at radius 2 is 1.89 bits per heavy atom. The van der Waals surface area contributed by atoms with E-state index in [0.29, 0.717) is 0 Å². The number of anilines is 1. The predicted molar refractivity (Wildman–Crippen MR) is 79.6 cm³/mol. The maximum absolute atomic E-state index is 4.55. The van der Waals surface area contributed by atoms with Gasteiger partial charge in [-0.2, -0.15) is 0 Å². The van der Waals surface area contributed by atoms with Crippen molar-refractivity contribution in [2.24, 2.45) is 0 Å². The first-order chi connectivity index (χ1) is 9.19. The van der Waals surface area contributed by atoms with Gasteiger partial charge in [0.25, 0.3) is 0 Å². The highest BCUT2D eigenvalue weighted by Crippen LogP contribution is 2.23. The van der Waals surface area contributed by atoms with Crippen molar-refractivity contribution < 1.29 is 0 Å². The molecule has 0 aliphatic heterocycles. The van der Waals surface area contributed by atoms with E-state index >= 15 is 0 Å². The number of pyridine rings is 1. The van der Waals surface area contributed by atoms with Crippen LogP contribution in [0, 0.1) is 13.8 Å². The lowest BCUT2D eigenvalue weighted by Gasteiger charge is -2.06. The predicted octanol–water partition coefficient (Wildman–Crippen LogP) is 3.66. The quantitative estimate of drug-likeness (QED) is 0.753. The van der Waals surface area contributed by atoms with E-state index in [-0.39, 0.29) is 0 Å². The zero-order valence-corrected chi connectivity index (χ0v) is 11.4. The second kappa shape index (κ2) is 4.43. The van der Waals surface area contributed by atoms with E-state index < -0.39 is 0 Å². The summed E-state index contributed by atoms with van der Waals surface area (Å²) in [6.45, 7) is 4.26. The lowest BCUT2D eigenvalue weighted by Crippen LogP contribution is -1.93. The first-order valence-electron chi connectivity index (χ1n) is 6.41. The monoisotopic (exact) mass is 251 g/mol. The highest BCUT2D eigenvalue weighted by molar-refractivity contribution is 5.66. The first kappa shape index (κ1) is 11.8. The van der Waals surface area contributed by atoms with Crippen LogP contribution in [0.25, 0.3) is 16.9 Å². The SMILES string of the molecule is CNc1ccn2c(-c3ccc(C)c(C)c3)ncc2c1. The molecule has 0 saturated carbocycles. The molecule has 3 rings (SSSR count). The summed E-state index contributed by atoms with van der Waals surface area (Å²) < 4.78 is 2.12. The van der Waals surface area contributed by atoms with E-state index in [1.807, 2.05) is 13.2 Å². The molecular weight excluding hydrogens is 234 g/mol. The van der Waals surface area contributed by atoms with Crippen LogP contribution in [0.1, 0.15) is 11.1 Å². The molecule has 0 unspecified atom stereocenters. The number of nitrogens with one attached hydrogen (secondary N) is 1. The number of imidazole rings is 1. The lowest BCUT2D eigenvalue weighted by molar-refractivity contribution is 1.16. The van der Waals surface area contributed by atoms with E-state index in [0.717, 1.165) is 22.6 Å². The topological polar surface area (TPSA) is 29.3 Å². The number of fused-ring (bicyclic) bond motifs is 1. The Morgan fingerprint density at radius 3 is 2.63 bits per heavy atom. The maximum atomic E-state index is 4.55. The van der Waals surface area contributed by atoms with Gasteiger partial charge in [0.05, 0.1) is 11.7 Å². The van der Waals surface area contributed by atoms with Gasteiger partial charge in [0, 0.05) is 24.5 Å². The van der Waals surface area contributed by atoms with Crippen molar-refractivity contribution in [3.05, 3.63) is 53.9 Å². The van der Waals surface area contributed by atoms with Crippen LogP contribution in [0.3, 0.4) is 0 Å². The Morgan fingerprint density at radius 1 is 1.05 bits per heavy atom. The number of rotatable bonds is 2. The molecular formula is C16H17N3. The summed E-state index contributed by atoms with van der Waals surface area (Å²) in [5.41, 5.74) is 5.95. The van der Waals surface area contributed by atoms with Crippen LogP contribution >= 0.6 is 0 Å². The number of benzene rings is 1. The molecule has 0 spiro atoms. The van der Waals surface area contributed by atoms with Gasteiger partial charge in [-0.3, -0.25) is 4.40 Å². The fourth-order valence-electron chi connectivity index (χ4n) is 2.25. The fraction of sp³-hybridized carbons (Fsp3) is 0.188. The highest BCUT2D eigenvalue weighted by atomic mass is 15.0. The van der Waals surface area contributed by atoms with Crippen LogP contribution in [-0.4, -0.2) is 16.4 Å². The second-order valence-electron chi connectivity index (χ2n) is 4.84. The molecule has 2 heterocycles. The van der Waals surface area contributed by atoms with Crippen molar-refractivity contribution in [3.63, 3.8) is 0 Å². The van der Waals surface area contributed by atoms with Gasteiger partial charge < -0.3 is 5.32 Å². The Bertz CT molecular complexity index is 741. The van der Waals surface area contributed by atoms with Crippen molar-refractivity contribution in [1.29, 1.82) is 0 Å². The van der Waals surface area contributed by atoms with E-state index in [9.17, 15) is 0 Å². The van der Waals surface area contributed by atoms with Gasteiger partial charge in [0.1, 0.15) is 5.82 Å². The molecule has 0 radical (unpaired) electrons. The average Bonchev–Trinajstić information content (AvgIpc) is 2.84. The molecule has 0 aliphatic carbocycles. The van der Waals surface area contributed by atoms with Crippen LogP contribution in [0.15, 0.2) is 42.7 Å². The summed E-state index contributed by atoms with van der Waals surface area (Å²) in [6.07, 6.45) is 3.96. The summed E-state index contributed by atoms with van der Waals surface area (Å²) in [7, 11) is 1.92. The van der Waals surface area contributed by atoms with Crippen molar-refractivity contribution in [2.45, 2.75) is 13.8 Å². The molecule has 2 aromatic heterocycles. The molecule has 0 aliphatic rings. The standard InChI is InChI=1S/C16H17N3/c1-11-4-5-13(8-12(11)2)16-18-10-15-9-14(17-3)6-7-19(15)16/h4-10,17H,1-3H3. The molecule has 3 aromatic rings. The van der Waals surface area contributed by atoms with E-state index in [2.05, 4.69) is 65.1 Å². The molecule has 3 heteroatoms. The van der Waals surface area contributed by atoms with Crippen molar-refractivity contribution >= 4 is 11.2 Å². The van der Waals surface area contributed by atoms with Gasteiger partial charge in [-0.25, -0.2) is 4.98 Å². The normalized spacial score (nSPS) is 10.9. The van der Waals surface area contributed by atoms with E-state index in [4.69, 9.17) is 0 Å². The molecule has 0 saturated heterocycles. The van der Waals surface area contributed by atoms with Crippen molar-refractivity contribution in [2.75, 3.05) is 12.4 Å². The minimum atomic E-state index is 0.987. The van der Waals surface area contributed by atoms with Gasteiger partial charge in [0.15, 0.2) is 0 Å². The third kappa shape index (κ3) is 1.97. The van der Waals surface area contributed by atoms with Gasteiger partial charge >= 0.3 is 0 Å². The van der Waals surface area contributed by atoms with Gasteiger partial charge in [0.2, 0.25) is 0 Å². The largest absolute Gasteiger partial charge is 0.388 e. The molecule has 19 heavy (non-hydrogen) atoms. The molecule has 1 aromatic carbocycles. The Hall–Kier alpha value is -2.29. The molecule has 0 atom stereocenters. The number of aryl methyl sites for hydroxylation is 2. The smallest absolute Gasteiger partial charge is 0.144 e. The van der Waals surface area contributed by atoms with E-state index in [1.54, 1.807) is 0 Å². The first-order valence-corrected chi connectivity index (χ1v) is 6.41. The van der Waals surface area contributed by atoms with Gasteiger partial charge in [-0.05, 0) is 43.2 Å². The number of nitrogens with zero attached hydrogens (tertiary/aromatic N) is 2. The summed E-state index contributed by atoms with van der Waals surface area (Å²) in [5.74, 6) is 0.987. The molecule has 1 N–H and O–H groups in total. The number of hydrogen-bond acceptors (Lipinski definition) is 2. The Balaban J connectivity index is 2.17. The van der Waals surface area contributed by atoms with Gasteiger partial charge in [-0.15, -0.1) is 0 Å². The zero-order chi connectivity index (χ0) is 13.4. The lowest BCUT2D eigenvalue weighted by atomic mass is 10.1. The van der Waals surface area contributed by atoms with Crippen LogP contribution in [0.4, 0.5) is 5.69 Å². The summed E-state index contributed by atoms with van der Waals surface area (Å²) in [6, 6.07) is 10.6. The molecule has 0 fully saturated rings. The second-order valence-corrected chi connectivity index (χ2v) is 4.84. The number of aromatic nitrogens is 2. The third-order valence-corrected chi connectivity index (χ3v) is 3.59. The molecule has 0 bridgehead atoms.